The van der Waals surface area contributed by atoms with E-state index in [0.717, 1.165) is 49.1 Å². The second kappa shape index (κ2) is 6.83. The highest BCUT2D eigenvalue weighted by Crippen LogP contribution is 2.66. The predicted molar refractivity (Wildman–Crippen MR) is 114 cm³/mol. The van der Waals surface area contributed by atoms with Gasteiger partial charge in [0.25, 0.3) is 5.69 Å². The number of hydrogen-bond donors (Lipinski definition) is 1. The molecule has 0 aliphatic heterocycles. The van der Waals surface area contributed by atoms with E-state index in [9.17, 15) is 14.9 Å². The molecular weight excluding hydrogens is 380 g/mol. The number of rotatable bonds is 5. The van der Waals surface area contributed by atoms with Gasteiger partial charge in [-0.25, -0.2) is 0 Å². The molecule has 1 amide bonds. The zero-order valence-corrected chi connectivity index (χ0v) is 17.1. The van der Waals surface area contributed by atoms with Crippen LogP contribution in [0.25, 0.3) is 0 Å². The van der Waals surface area contributed by atoms with Gasteiger partial charge in [-0.05, 0) is 85.6 Å². The lowest BCUT2D eigenvalue weighted by Gasteiger charge is -2.61. The number of hydrogen-bond acceptors (Lipinski definition) is 4. The number of nitrogens with one attached hydrogen (secondary N) is 1. The number of benzene rings is 2. The van der Waals surface area contributed by atoms with E-state index in [1.165, 1.54) is 6.42 Å². The minimum atomic E-state index is -0.355. The molecule has 4 fully saturated rings. The summed E-state index contributed by atoms with van der Waals surface area (Å²) in [5.41, 5.74) is 1.67. The van der Waals surface area contributed by atoms with Crippen LogP contribution in [0.15, 0.2) is 48.5 Å². The Morgan fingerprint density at radius 2 is 1.67 bits per heavy atom. The smallest absolute Gasteiger partial charge is 0.269 e. The Labute approximate surface area is 175 Å². The van der Waals surface area contributed by atoms with Crippen molar-refractivity contribution >= 4 is 17.3 Å². The fraction of sp³-hybridized carbons (Fsp3) is 0.458. The minimum absolute atomic E-state index is 0.0452. The molecule has 4 saturated carbocycles. The SMILES string of the molecule is COc1ccc(NC(=O)C23C[C@H]4C[C@H](C2)CC(c2ccc([N+](=O)[O-])cc2)(C4)C3)cc1. The quantitative estimate of drug-likeness (QED) is 0.554. The van der Waals surface area contributed by atoms with Gasteiger partial charge in [-0.1, -0.05) is 12.1 Å². The maximum Gasteiger partial charge on any atom is 0.269 e. The highest BCUT2D eigenvalue weighted by atomic mass is 16.6. The minimum Gasteiger partial charge on any atom is -0.497 e. The van der Waals surface area contributed by atoms with E-state index < -0.39 is 0 Å². The summed E-state index contributed by atoms with van der Waals surface area (Å²) in [6.07, 6.45) is 6.08. The monoisotopic (exact) mass is 406 g/mol. The van der Waals surface area contributed by atoms with Crippen LogP contribution in [-0.2, 0) is 10.2 Å². The van der Waals surface area contributed by atoms with E-state index >= 15 is 0 Å². The number of nitro groups is 1. The van der Waals surface area contributed by atoms with Gasteiger partial charge in [0.1, 0.15) is 5.75 Å². The number of non-ortho nitro benzene ring substituents is 1. The van der Waals surface area contributed by atoms with E-state index in [0.29, 0.717) is 11.8 Å². The fourth-order valence-corrected chi connectivity index (χ4v) is 6.74. The number of nitrogens with zero attached hydrogens (tertiary/aromatic N) is 1. The lowest BCUT2D eigenvalue weighted by molar-refractivity contribution is -0.384. The number of anilines is 1. The van der Waals surface area contributed by atoms with Crippen molar-refractivity contribution in [1.82, 2.24) is 0 Å². The fourth-order valence-electron chi connectivity index (χ4n) is 6.74. The second-order valence-corrected chi connectivity index (χ2v) is 9.51. The van der Waals surface area contributed by atoms with Crippen LogP contribution >= 0.6 is 0 Å². The molecule has 0 spiro atoms. The first kappa shape index (κ1) is 19.1. The molecular formula is C24H26N2O4. The normalized spacial score (nSPS) is 31.4. The average molecular weight is 406 g/mol. The van der Waals surface area contributed by atoms with Crippen LogP contribution in [0.3, 0.4) is 0 Å². The third kappa shape index (κ3) is 3.06. The number of methoxy groups -OCH3 is 1. The summed E-state index contributed by atoms with van der Waals surface area (Å²) in [5.74, 6) is 1.97. The van der Waals surface area contributed by atoms with E-state index in [1.807, 2.05) is 36.4 Å². The molecule has 0 unspecified atom stereocenters. The summed E-state index contributed by atoms with van der Waals surface area (Å²) in [7, 11) is 1.63. The van der Waals surface area contributed by atoms with Crippen molar-refractivity contribution in [3.8, 4) is 5.75 Å². The Hall–Kier alpha value is -2.89. The Morgan fingerprint density at radius 3 is 2.23 bits per heavy atom. The Kier molecular flexibility index (Phi) is 4.34. The molecule has 156 valence electrons. The van der Waals surface area contributed by atoms with E-state index in [1.54, 1.807) is 19.2 Å². The summed E-state index contributed by atoms with van der Waals surface area (Å²) in [4.78, 5) is 24.2. The molecule has 2 atom stereocenters. The second-order valence-electron chi connectivity index (χ2n) is 9.51. The largest absolute Gasteiger partial charge is 0.497 e. The molecule has 2 aromatic carbocycles. The molecule has 0 saturated heterocycles. The van der Waals surface area contributed by atoms with Gasteiger partial charge >= 0.3 is 0 Å². The molecule has 6 nitrogen and oxygen atoms in total. The first-order valence-corrected chi connectivity index (χ1v) is 10.6. The van der Waals surface area contributed by atoms with Gasteiger partial charge in [0.05, 0.1) is 17.4 Å². The van der Waals surface area contributed by atoms with Crippen LogP contribution < -0.4 is 10.1 Å². The summed E-state index contributed by atoms with van der Waals surface area (Å²) in [5, 5.41) is 14.2. The van der Waals surface area contributed by atoms with Gasteiger partial charge in [0, 0.05) is 17.8 Å². The Balaban J connectivity index is 1.43. The summed E-state index contributed by atoms with van der Waals surface area (Å²) < 4.78 is 5.21. The molecule has 4 bridgehead atoms. The first-order chi connectivity index (χ1) is 14.4. The number of nitro benzene ring substituents is 1. The molecule has 1 N–H and O–H groups in total. The van der Waals surface area contributed by atoms with Gasteiger partial charge in [-0.2, -0.15) is 0 Å². The third-order valence-electron chi connectivity index (χ3n) is 7.58. The number of carbonyl (C=O) groups is 1. The van der Waals surface area contributed by atoms with Crippen molar-refractivity contribution in [2.24, 2.45) is 17.3 Å². The highest BCUT2D eigenvalue weighted by Gasteiger charge is 2.60. The molecule has 0 heterocycles. The highest BCUT2D eigenvalue weighted by molar-refractivity contribution is 5.96. The molecule has 2 aromatic rings. The van der Waals surface area contributed by atoms with Gasteiger partial charge in [0.2, 0.25) is 5.91 Å². The van der Waals surface area contributed by atoms with Crippen LogP contribution in [0.4, 0.5) is 11.4 Å². The van der Waals surface area contributed by atoms with Crippen molar-refractivity contribution in [3.05, 3.63) is 64.2 Å². The van der Waals surface area contributed by atoms with Crippen LogP contribution in [0.1, 0.15) is 44.1 Å². The molecule has 6 heteroatoms. The molecule has 0 aromatic heterocycles. The number of carbonyl (C=O) groups excluding carboxylic acids is 1. The predicted octanol–water partition coefficient (Wildman–Crippen LogP) is 5.08. The van der Waals surface area contributed by atoms with Crippen molar-refractivity contribution in [2.75, 3.05) is 12.4 Å². The zero-order valence-electron chi connectivity index (χ0n) is 17.1. The van der Waals surface area contributed by atoms with Gasteiger partial charge in [-0.15, -0.1) is 0 Å². The van der Waals surface area contributed by atoms with Gasteiger partial charge in [0.15, 0.2) is 0 Å². The summed E-state index contributed by atoms with van der Waals surface area (Å²) in [6.45, 7) is 0. The number of ether oxygens (including phenoxy) is 1. The molecule has 4 aliphatic rings. The first-order valence-electron chi connectivity index (χ1n) is 10.6. The average Bonchev–Trinajstić information content (AvgIpc) is 2.73. The Morgan fingerprint density at radius 1 is 1.03 bits per heavy atom. The zero-order chi connectivity index (χ0) is 20.9. The van der Waals surface area contributed by atoms with E-state index in [-0.39, 0.29) is 27.3 Å². The topological polar surface area (TPSA) is 81.5 Å². The summed E-state index contributed by atoms with van der Waals surface area (Å²) in [6, 6.07) is 14.5. The molecule has 0 radical (unpaired) electrons. The molecule has 6 rings (SSSR count). The lowest BCUT2D eigenvalue weighted by atomic mass is 9.42. The molecule has 4 aliphatic carbocycles. The van der Waals surface area contributed by atoms with E-state index in [4.69, 9.17) is 4.74 Å². The van der Waals surface area contributed by atoms with Crippen molar-refractivity contribution < 1.29 is 14.5 Å². The van der Waals surface area contributed by atoms with E-state index in [2.05, 4.69) is 5.32 Å². The van der Waals surface area contributed by atoms with Crippen molar-refractivity contribution in [1.29, 1.82) is 0 Å². The number of amides is 1. The van der Waals surface area contributed by atoms with Gasteiger partial charge in [-0.3, -0.25) is 14.9 Å². The maximum atomic E-state index is 13.5. The van der Waals surface area contributed by atoms with Crippen molar-refractivity contribution in [3.63, 3.8) is 0 Å². The van der Waals surface area contributed by atoms with Gasteiger partial charge < -0.3 is 10.1 Å². The van der Waals surface area contributed by atoms with Crippen LogP contribution in [0, 0.1) is 27.4 Å². The standard InChI is InChI=1S/C24H26N2O4/c1-30-21-8-4-19(5-9-21)25-22(27)24-13-16-10-17(14-24)12-23(11-16,15-24)18-2-6-20(7-3-18)26(28)29/h2-9,16-17H,10-15H2,1H3,(H,25,27)/t16-,17-,23?,24?/m0/s1. The maximum absolute atomic E-state index is 13.5. The summed E-state index contributed by atoms with van der Waals surface area (Å²) >= 11 is 0. The van der Waals surface area contributed by atoms with Crippen LogP contribution in [-0.4, -0.2) is 17.9 Å². The Bertz CT molecular complexity index is 969. The van der Waals surface area contributed by atoms with Crippen molar-refractivity contribution in [2.45, 2.75) is 43.9 Å². The van der Waals surface area contributed by atoms with Crippen LogP contribution in [0.2, 0.25) is 0 Å². The van der Waals surface area contributed by atoms with Crippen LogP contribution in [0.5, 0.6) is 5.75 Å². The lowest BCUT2D eigenvalue weighted by Crippen LogP contribution is -2.57. The third-order valence-corrected chi connectivity index (χ3v) is 7.58. The molecule has 30 heavy (non-hydrogen) atoms.